The van der Waals surface area contributed by atoms with Crippen LogP contribution in [-0.2, 0) is 16.7 Å². The average Bonchev–Trinajstić information content (AvgIpc) is 2.61. The number of fused-ring (bicyclic) bond motifs is 1. The molecule has 0 unspecified atom stereocenters. The molecule has 0 bridgehead atoms. The minimum atomic E-state index is -4.39. The molecule has 0 aromatic heterocycles. The van der Waals surface area contributed by atoms with Gasteiger partial charge in [-0.05, 0) is 42.8 Å². The summed E-state index contributed by atoms with van der Waals surface area (Å²) in [7, 11) is 0. The van der Waals surface area contributed by atoms with E-state index in [0.717, 1.165) is 33.5 Å². The van der Waals surface area contributed by atoms with Crippen LogP contribution in [0.25, 0.3) is 0 Å². The summed E-state index contributed by atoms with van der Waals surface area (Å²) in [6.45, 7) is 1.74. The first-order valence-electron chi connectivity index (χ1n) is 7.77. The first-order chi connectivity index (χ1) is 12.3. The number of amides is 1. The number of hydrogen-bond donors (Lipinski definition) is 1. The van der Waals surface area contributed by atoms with Crippen LogP contribution in [0, 0.1) is 0 Å². The Morgan fingerprint density at radius 2 is 1.88 bits per heavy atom. The van der Waals surface area contributed by atoms with Crippen LogP contribution in [0.2, 0.25) is 0 Å². The quantitative estimate of drug-likeness (QED) is 0.724. The second-order valence-corrected chi connectivity index (χ2v) is 8.17. The zero-order chi connectivity index (χ0) is 18.7. The second-order valence-electron chi connectivity index (χ2n) is 5.62. The molecule has 1 amide bonds. The van der Waals surface area contributed by atoms with E-state index in [1.165, 1.54) is 23.9 Å². The van der Waals surface area contributed by atoms with Crippen LogP contribution < -0.4 is 5.32 Å². The van der Waals surface area contributed by atoms with Crippen molar-refractivity contribution in [2.24, 2.45) is 4.99 Å². The van der Waals surface area contributed by atoms with Crippen molar-refractivity contribution in [3.05, 3.63) is 59.7 Å². The Labute approximate surface area is 157 Å². The SMILES string of the molecule is C[C@H](SC1=Nc2ccccc2CS1)C(=O)Nc1ccc(C(F)(F)F)cc1. The number of halogens is 3. The average molecular weight is 396 g/mol. The summed E-state index contributed by atoms with van der Waals surface area (Å²) in [5, 5.41) is 2.22. The third-order valence-electron chi connectivity index (χ3n) is 3.68. The molecule has 3 rings (SSSR count). The molecular formula is C18H15F3N2OS2. The van der Waals surface area contributed by atoms with Crippen molar-refractivity contribution in [2.75, 3.05) is 5.32 Å². The zero-order valence-corrected chi connectivity index (χ0v) is 15.3. The van der Waals surface area contributed by atoms with Crippen LogP contribution in [0.4, 0.5) is 24.5 Å². The van der Waals surface area contributed by atoms with Gasteiger partial charge in [0.05, 0.1) is 16.5 Å². The highest BCUT2D eigenvalue weighted by molar-refractivity contribution is 8.39. The van der Waals surface area contributed by atoms with Gasteiger partial charge < -0.3 is 5.32 Å². The topological polar surface area (TPSA) is 41.5 Å². The van der Waals surface area contributed by atoms with Crippen LogP contribution in [-0.4, -0.2) is 15.5 Å². The molecular weight excluding hydrogens is 381 g/mol. The van der Waals surface area contributed by atoms with Crippen LogP contribution in [0.5, 0.6) is 0 Å². The number of carbonyl (C=O) groups excluding carboxylic acids is 1. The van der Waals surface area contributed by atoms with E-state index in [2.05, 4.69) is 10.3 Å². The van der Waals surface area contributed by atoms with E-state index in [0.29, 0.717) is 5.69 Å². The molecule has 1 aliphatic rings. The Kier molecular flexibility index (Phi) is 5.62. The number of carbonyl (C=O) groups is 1. The minimum Gasteiger partial charge on any atom is -0.325 e. The number of para-hydroxylation sites is 1. The molecule has 0 saturated heterocycles. The molecule has 1 aliphatic heterocycles. The Balaban J connectivity index is 1.61. The highest BCUT2D eigenvalue weighted by atomic mass is 32.2. The Morgan fingerprint density at radius 1 is 1.19 bits per heavy atom. The Bertz CT molecular complexity index is 835. The Hall–Kier alpha value is -1.93. The van der Waals surface area contributed by atoms with Crippen molar-refractivity contribution >= 4 is 45.2 Å². The largest absolute Gasteiger partial charge is 0.416 e. The Morgan fingerprint density at radius 3 is 2.58 bits per heavy atom. The van der Waals surface area contributed by atoms with E-state index in [9.17, 15) is 18.0 Å². The van der Waals surface area contributed by atoms with Crippen molar-refractivity contribution in [1.29, 1.82) is 0 Å². The van der Waals surface area contributed by atoms with Crippen molar-refractivity contribution in [2.45, 2.75) is 24.1 Å². The van der Waals surface area contributed by atoms with Crippen LogP contribution >= 0.6 is 23.5 Å². The summed E-state index contributed by atoms with van der Waals surface area (Å²) in [6.07, 6.45) is -4.39. The number of hydrogen-bond acceptors (Lipinski definition) is 4. The highest BCUT2D eigenvalue weighted by Gasteiger charge is 2.30. The van der Waals surface area contributed by atoms with Gasteiger partial charge >= 0.3 is 6.18 Å². The van der Waals surface area contributed by atoms with E-state index >= 15 is 0 Å². The van der Waals surface area contributed by atoms with E-state index < -0.39 is 17.0 Å². The summed E-state index contributed by atoms with van der Waals surface area (Å²) in [4.78, 5) is 16.8. The lowest BCUT2D eigenvalue weighted by atomic mass is 10.2. The van der Waals surface area contributed by atoms with Crippen LogP contribution in [0.15, 0.2) is 53.5 Å². The van der Waals surface area contributed by atoms with Gasteiger partial charge in [0.25, 0.3) is 0 Å². The van der Waals surface area contributed by atoms with Crippen molar-refractivity contribution in [3.8, 4) is 0 Å². The zero-order valence-electron chi connectivity index (χ0n) is 13.7. The van der Waals surface area contributed by atoms with Crippen LogP contribution in [0.3, 0.4) is 0 Å². The van der Waals surface area contributed by atoms with Gasteiger partial charge in [0.2, 0.25) is 5.91 Å². The third kappa shape index (κ3) is 4.62. The monoisotopic (exact) mass is 396 g/mol. The molecule has 2 aromatic carbocycles. The maximum Gasteiger partial charge on any atom is 0.416 e. The molecule has 8 heteroatoms. The molecule has 1 heterocycles. The summed E-state index contributed by atoms with van der Waals surface area (Å²) in [5.74, 6) is 0.520. The molecule has 0 radical (unpaired) electrons. The maximum absolute atomic E-state index is 12.6. The number of aliphatic imine (C=N–C) groups is 1. The third-order valence-corrected chi connectivity index (χ3v) is 5.98. The van der Waals surface area contributed by atoms with Gasteiger partial charge in [0, 0.05) is 11.4 Å². The number of benzene rings is 2. The number of rotatable bonds is 3. The van der Waals surface area contributed by atoms with Gasteiger partial charge in [-0.15, -0.1) is 0 Å². The lowest BCUT2D eigenvalue weighted by Crippen LogP contribution is -2.23. The molecule has 0 spiro atoms. The number of nitrogens with one attached hydrogen (secondary N) is 1. The molecule has 136 valence electrons. The number of anilines is 1. The predicted octanol–water partition coefficient (Wildman–Crippen LogP) is 5.70. The normalized spacial score (nSPS) is 15.0. The molecule has 0 aliphatic carbocycles. The molecule has 1 atom stereocenters. The number of thioether (sulfide) groups is 2. The van der Waals surface area contributed by atoms with Crippen molar-refractivity contribution in [3.63, 3.8) is 0 Å². The van der Waals surface area contributed by atoms with Gasteiger partial charge in [-0.25, -0.2) is 4.99 Å². The van der Waals surface area contributed by atoms with Gasteiger partial charge in [0.1, 0.15) is 4.38 Å². The fraction of sp³-hybridized carbons (Fsp3) is 0.222. The van der Waals surface area contributed by atoms with Gasteiger partial charge in [-0.3, -0.25) is 4.79 Å². The first kappa shape index (κ1) is 18.8. The number of alkyl halides is 3. The summed E-state index contributed by atoms with van der Waals surface area (Å²) >= 11 is 2.91. The van der Waals surface area contributed by atoms with Crippen molar-refractivity contribution in [1.82, 2.24) is 0 Å². The van der Waals surface area contributed by atoms with Gasteiger partial charge in [-0.2, -0.15) is 13.2 Å². The maximum atomic E-state index is 12.6. The highest BCUT2D eigenvalue weighted by Crippen LogP contribution is 2.36. The summed E-state index contributed by atoms with van der Waals surface area (Å²) in [5.41, 5.74) is 1.65. The summed E-state index contributed by atoms with van der Waals surface area (Å²) in [6, 6.07) is 12.2. The first-order valence-corrected chi connectivity index (χ1v) is 9.63. The van der Waals surface area contributed by atoms with Gasteiger partial charge in [-0.1, -0.05) is 41.7 Å². The molecule has 2 aromatic rings. The van der Waals surface area contributed by atoms with E-state index in [-0.39, 0.29) is 5.91 Å². The fourth-order valence-corrected chi connectivity index (χ4v) is 4.45. The van der Waals surface area contributed by atoms with Crippen LogP contribution in [0.1, 0.15) is 18.1 Å². The number of nitrogens with zero attached hydrogens (tertiary/aromatic N) is 1. The lowest BCUT2D eigenvalue weighted by Gasteiger charge is -2.17. The van der Waals surface area contributed by atoms with E-state index in [1.54, 1.807) is 18.7 Å². The molecule has 1 N–H and O–H groups in total. The van der Waals surface area contributed by atoms with Crippen molar-refractivity contribution < 1.29 is 18.0 Å². The molecule has 3 nitrogen and oxygen atoms in total. The second kappa shape index (κ2) is 7.75. The fourth-order valence-electron chi connectivity index (χ4n) is 2.26. The standard InChI is InChI=1S/C18H15F3N2OS2/c1-11(26-17-23-15-5-3-2-4-12(15)10-25-17)16(24)22-14-8-6-13(7-9-14)18(19,20)21/h2-9,11H,10H2,1H3,(H,22,24)/t11-/m0/s1. The molecule has 26 heavy (non-hydrogen) atoms. The van der Waals surface area contributed by atoms with E-state index in [4.69, 9.17) is 0 Å². The molecule has 0 saturated carbocycles. The summed E-state index contributed by atoms with van der Waals surface area (Å²) < 4.78 is 38.5. The lowest BCUT2D eigenvalue weighted by molar-refractivity contribution is -0.137. The molecule has 0 fully saturated rings. The minimum absolute atomic E-state index is 0.281. The predicted molar refractivity (Wildman–Crippen MR) is 102 cm³/mol. The van der Waals surface area contributed by atoms with Gasteiger partial charge in [0.15, 0.2) is 0 Å². The smallest absolute Gasteiger partial charge is 0.325 e. The van der Waals surface area contributed by atoms with E-state index in [1.807, 2.05) is 24.3 Å².